The van der Waals surface area contributed by atoms with Crippen molar-refractivity contribution in [1.29, 1.82) is 5.53 Å². The Kier molecular flexibility index (Phi) is 2.42. The molecule has 0 spiro atoms. The molecule has 0 saturated heterocycles. The lowest BCUT2D eigenvalue weighted by Crippen LogP contribution is -2.05. The molecule has 0 fully saturated rings. The Morgan fingerprint density at radius 2 is 2.29 bits per heavy atom. The second kappa shape index (κ2) is 2.95. The van der Waals surface area contributed by atoms with Crippen LogP contribution in [0, 0.1) is 5.53 Å². The number of nitrogens with zero attached hydrogens (tertiary/aromatic N) is 3. The lowest BCUT2D eigenvalue weighted by Gasteiger charge is -1.77. The topological polar surface area (TPSA) is 86.9 Å². The number of nitrogens with two attached hydrogens (primary N) is 1. The zero-order valence-corrected chi connectivity index (χ0v) is 3.63. The molecule has 0 unspecified atom stereocenters. The molecular formula is C2H5N5. The number of guanidine groups is 1. The number of aliphatic imine (C=N–C) groups is 1. The van der Waals surface area contributed by atoms with Gasteiger partial charge in [-0.3, -0.25) is 0 Å². The molecule has 0 aromatic heterocycles. The molecule has 0 saturated carbocycles. The Morgan fingerprint density at radius 1 is 1.71 bits per heavy atom. The third-order valence-corrected chi connectivity index (χ3v) is 0.314. The van der Waals surface area contributed by atoms with Gasteiger partial charge in [0.25, 0.3) is 0 Å². The van der Waals surface area contributed by atoms with E-state index in [2.05, 4.69) is 22.0 Å². The molecule has 0 aromatic rings. The molecule has 0 aliphatic heterocycles. The summed E-state index contributed by atoms with van der Waals surface area (Å²) in [4.78, 5) is 3.14. The molecule has 7 heavy (non-hydrogen) atoms. The van der Waals surface area contributed by atoms with Crippen LogP contribution in [0.4, 0.5) is 0 Å². The highest BCUT2D eigenvalue weighted by atomic mass is 15.3. The van der Waals surface area contributed by atoms with E-state index >= 15 is 0 Å². The second-order valence-electron chi connectivity index (χ2n) is 0.716. The molecular weight excluding hydrogens is 94.1 g/mol. The van der Waals surface area contributed by atoms with Gasteiger partial charge in [-0.1, -0.05) is 5.10 Å². The summed E-state index contributed by atoms with van der Waals surface area (Å²) in [5.74, 6) is -0.0880. The van der Waals surface area contributed by atoms with Gasteiger partial charge in [-0.15, -0.1) is 0 Å². The second-order valence-corrected chi connectivity index (χ2v) is 0.716. The highest BCUT2D eigenvalue weighted by Crippen LogP contribution is 1.68. The molecule has 0 rings (SSSR count). The monoisotopic (exact) mass is 99.1 g/mol. The van der Waals surface area contributed by atoms with E-state index in [9.17, 15) is 0 Å². The van der Waals surface area contributed by atoms with Crippen LogP contribution in [-0.4, -0.2) is 12.7 Å². The van der Waals surface area contributed by atoms with Crippen molar-refractivity contribution >= 4 is 12.7 Å². The predicted octanol–water partition coefficient (Wildman–Crippen LogP) is -0.0523. The van der Waals surface area contributed by atoms with Gasteiger partial charge in [0.1, 0.15) is 0 Å². The van der Waals surface area contributed by atoms with Gasteiger partial charge >= 0.3 is 0 Å². The summed E-state index contributed by atoms with van der Waals surface area (Å²) in [5, 5.41) is 5.59. The number of nitrogens with one attached hydrogen (secondary N) is 1. The molecule has 0 radical (unpaired) electrons. The minimum atomic E-state index is -0.0880. The van der Waals surface area contributed by atoms with Crippen LogP contribution in [0.15, 0.2) is 15.3 Å². The van der Waals surface area contributed by atoms with Crippen LogP contribution in [0.3, 0.4) is 0 Å². The summed E-state index contributed by atoms with van der Waals surface area (Å²) in [6.07, 6.45) is 0. The van der Waals surface area contributed by atoms with E-state index in [0.717, 1.165) is 0 Å². The molecule has 0 amide bonds. The van der Waals surface area contributed by atoms with E-state index in [1.54, 1.807) is 0 Å². The minimum Gasteiger partial charge on any atom is -0.366 e. The fraction of sp³-hybridized carbons (Fsp3) is 0. The Hall–Kier alpha value is -1.26. The molecule has 0 aliphatic carbocycles. The number of hydrogen-bond acceptors (Lipinski definition) is 2. The van der Waals surface area contributed by atoms with Gasteiger partial charge in [-0.2, -0.15) is 5.53 Å². The highest BCUT2D eigenvalue weighted by Gasteiger charge is 1.74. The maximum absolute atomic E-state index is 6.11. The van der Waals surface area contributed by atoms with Gasteiger partial charge in [0.05, 0.1) is 0 Å². The first-order valence-corrected chi connectivity index (χ1v) is 1.48. The summed E-state index contributed by atoms with van der Waals surface area (Å²) < 4.78 is 0. The van der Waals surface area contributed by atoms with E-state index < -0.39 is 0 Å². The maximum atomic E-state index is 6.11. The first-order chi connectivity index (χ1) is 3.31. The fourth-order valence-corrected chi connectivity index (χ4v) is 0.0829. The first kappa shape index (κ1) is 5.74. The van der Waals surface area contributed by atoms with Crippen LogP contribution in [-0.2, 0) is 0 Å². The third-order valence-electron chi connectivity index (χ3n) is 0.314. The Labute approximate surface area is 40.4 Å². The van der Waals surface area contributed by atoms with Crippen LogP contribution < -0.4 is 5.73 Å². The minimum absolute atomic E-state index is 0.0880. The summed E-state index contributed by atoms with van der Waals surface area (Å²) in [5.41, 5.74) is 11.0. The van der Waals surface area contributed by atoms with Crippen molar-refractivity contribution in [3.05, 3.63) is 0 Å². The summed E-state index contributed by atoms with van der Waals surface area (Å²) >= 11 is 0. The van der Waals surface area contributed by atoms with Gasteiger partial charge in [0.2, 0.25) is 5.96 Å². The normalized spacial score (nSPS) is 10.6. The van der Waals surface area contributed by atoms with Crippen LogP contribution >= 0.6 is 0 Å². The summed E-state index contributed by atoms with van der Waals surface area (Å²) in [6.45, 7) is 3.03. The smallest absolute Gasteiger partial charge is 0.241 e. The van der Waals surface area contributed by atoms with Crippen LogP contribution in [0.5, 0.6) is 0 Å². The molecule has 0 heterocycles. The van der Waals surface area contributed by atoms with E-state index in [1.807, 2.05) is 0 Å². The van der Waals surface area contributed by atoms with E-state index in [-0.39, 0.29) is 5.96 Å². The quantitative estimate of drug-likeness (QED) is 0.205. The molecule has 5 heteroatoms. The lowest BCUT2D eigenvalue weighted by atomic mass is 11.1. The summed E-state index contributed by atoms with van der Waals surface area (Å²) in [7, 11) is 0. The van der Waals surface area contributed by atoms with E-state index in [0.29, 0.717) is 0 Å². The van der Waals surface area contributed by atoms with Crippen molar-refractivity contribution in [3.8, 4) is 0 Å². The Balaban J connectivity index is 3.72. The van der Waals surface area contributed by atoms with Crippen LogP contribution in [0.2, 0.25) is 0 Å². The SMILES string of the molecule is C=NC(N)=NN=N. The average Bonchev–Trinajstić information content (AvgIpc) is 1.68. The maximum Gasteiger partial charge on any atom is 0.241 e. The largest absolute Gasteiger partial charge is 0.366 e. The average molecular weight is 99.1 g/mol. The molecule has 38 valence electrons. The highest BCUT2D eigenvalue weighted by molar-refractivity contribution is 5.81. The van der Waals surface area contributed by atoms with Crippen molar-refractivity contribution in [1.82, 2.24) is 0 Å². The van der Waals surface area contributed by atoms with E-state index in [4.69, 9.17) is 11.3 Å². The fourth-order valence-electron chi connectivity index (χ4n) is 0.0829. The zero-order chi connectivity index (χ0) is 5.70. The van der Waals surface area contributed by atoms with Gasteiger partial charge in [0, 0.05) is 0 Å². The molecule has 0 aliphatic rings. The molecule has 5 nitrogen and oxygen atoms in total. The van der Waals surface area contributed by atoms with Crippen LogP contribution in [0.25, 0.3) is 0 Å². The number of rotatable bonds is 1. The van der Waals surface area contributed by atoms with Gasteiger partial charge < -0.3 is 5.73 Å². The standard InChI is InChI=1S/C2H5N5/c1-5-2(3)6-7-4/h1H2,(H3,3,4,6). The lowest BCUT2D eigenvalue weighted by molar-refractivity contribution is 0.982. The first-order valence-electron chi connectivity index (χ1n) is 1.48. The van der Waals surface area contributed by atoms with Crippen molar-refractivity contribution in [2.75, 3.05) is 0 Å². The predicted molar refractivity (Wildman–Crippen MR) is 26.3 cm³/mol. The van der Waals surface area contributed by atoms with Gasteiger partial charge in [-0.05, 0) is 11.9 Å². The molecule has 0 aromatic carbocycles. The van der Waals surface area contributed by atoms with Crippen LogP contribution in [0.1, 0.15) is 0 Å². The molecule has 3 N–H and O–H groups in total. The van der Waals surface area contributed by atoms with Crippen molar-refractivity contribution in [2.24, 2.45) is 21.1 Å². The third kappa shape index (κ3) is 2.54. The van der Waals surface area contributed by atoms with Crippen molar-refractivity contribution in [2.45, 2.75) is 0 Å². The number of hydrogen-bond donors (Lipinski definition) is 2. The van der Waals surface area contributed by atoms with Gasteiger partial charge in [0.15, 0.2) is 0 Å². The summed E-state index contributed by atoms with van der Waals surface area (Å²) in [6, 6.07) is 0. The van der Waals surface area contributed by atoms with Crippen molar-refractivity contribution < 1.29 is 0 Å². The molecule has 0 atom stereocenters. The van der Waals surface area contributed by atoms with E-state index in [1.165, 1.54) is 0 Å². The Bertz CT molecular complexity index is 103. The molecule has 0 bridgehead atoms. The Morgan fingerprint density at radius 3 is 2.43 bits per heavy atom. The van der Waals surface area contributed by atoms with Crippen molar-refractivity contribution in [3.63, 3.8) is 0 Å². The van der Waals surface area contributed by atoms with Gasteiger partial charge in [-0.25, -0.2) is 4.99 Å². The zero-order valence-electron chi connectivity index (χ0n) is 3.63.